The van der Waals surface area contributed by atoms with Crippen LogP contribution in [0.5, 0.6) is 5.75 Å². The molecule has 0 aliphatic carbocycles. The minimum absolute atomic E-state index is 0.212. The molecule has 0 bridgehead atoms. The van der Waals surface area contributed by atoms with Crippen molar-refractivity contribution in [2.75, 3.05) is 38.2 Å². The Balaban J connectivity index is 1.60. The van der Waals surface area contributed by atoms with Gasteiger partial charge in [-0.05, 0) is 17.7 Å². The third-order valence-electron chi connectivity index (χ3n) is 4.12. The van der Waals surface area contributed by atoms with Crippen molar-refractivity contribution in [2.24, 2.45) is 0 Å². The summed E-state index contributed by atoms with van der Waals surface area (Å²) >= 11 is 0. The SMILES string of the molecule is COc1ccc(N2CCN(Cc3ccccc3)CC2)c(F)c1. The largest absolute Gasteiger partial charge is 0.497 e. The number of benzene rings is 2. The highest BCUT2D eigenvalue weighted by Crippen LogP contribution is 2.25. The molecule has 1 aliphatic heterocycles. The van der Waals surface area contributed by atoms with Crippen LogP contribution in [0.4, 0.5) is 10.1 Å². The van der Waals surface area contributed by atoms with E-state index in [2.05, 4.69) is 34.1 Å². The predicted molar refractivity (Wildman–Crippen MR) is 86.9 cm³/mol. The Morgan fingerprint density at radius 3 is 2.36 bits per heavy atom. The number of ether oxygens (including phenoxy) is 1. The van der Waals surface area contributed by atoms with E-state index in [4.69, 9.17) is 4.74 Å². The molecule has 0 unspecified atom stereocenters. The summed E-state index contributed by atoms with van der Waals surface area (Å²) in [7, 11) is 1.55. The van der Waals surface area contributed by atoms with Gasteiger partial charge in [-0.25, -0.2) is 4.39 Å². The number of rotatable bonds is 4. The van der Waals surface area contributed by atoms with Crippen LogP contribution >= 0.6 is 0 Å². The van der Waals surface area contributed by atoms with Gasteiger partial charge in [0.15, 0.2) is 0 Å². The molecule has 3 nitrogen and oxygen atoms in total. The van der Waals surface area contributed by atoms with Crippen LogP contribution in [-0.2, 0) is 6.54 Å². The van der Waals surface area contributed by atoms with Gasteiger partial charge in [-0.15, -0.1) is 0 Å². The summed E-state index contributed by atoms with van der Waals surface area (Å²) in [5.74, 6) is 0.347. The van der Waals surface area contributed by atoms with Crippen molar-refractivity contribution in [1.29, 1.82) is 0 Å². The van der Waals surface area contributed by atoms with Gasteiger partial charge in [-0.3, -0.25) is 4.90 Å². The third kappa shape index (κ3) is 3.39. The summed E-state index contributed by atoms with van der Waals surface area (Å²) in [6.45, 7) is 4.53. The Morgan fingerprint density at radius 1 is 1.00 bits per heavy atom. The molecule has 0 spiro atoms. The predicted octanol–water partition coefficient (Wildman–Crippen LogP) is 3.16. The van der Waals surface area contributed by atoms with E-state index in [0.717, 1.165) is 32.7 Å². The van der Waals surface area contributed by atoms with Crippen molar-refractivity contribution in [2.45, 2.75) is 6.54 Å². The lowest BCUT2D eigenvalue weighted by molar-refractivity contribution is 0.249. The van der Waals surface area contributed by atoms with E-state index in [1.807, 2.05) is 12.1 Å². The molecule has 4 heteroatoms. The fraction of sp³-hybridized carbons (Fsp3) is 0.333. The lowest BCUT2D eigenvalue weighted by Crippen LogP contribution is -2.46. The maximum atomic E-state index is 14.1. The summed E-state index contributed by atoms with van der Waals surface area (Å²) in [6, 6.07) is 15.5. The van der Waals surface area contributed by atoms with Crippen molar-refractivity contribution >= 4 is 5.69 Å². The first-order valence-corrected chi connectivity index (χ1v) is 7.61. The Bertz CT molecular complexity index is 610. The topological polar surface area (TPSA) is 15.7 Å². The normalized spacial score (nSPS) is 15.8. The van der Waals surface area contributed by atoms with Crippen LogP contribution in [-0.4, -0.2) is 38.2 Å². The molecule has 0 atom stereocenters. The van der Waals surface area contributed by atoms with Crippen LogP contribution in [0.3, 0.4) is 0 Å². The zero-order chi connectivity index (χ0) is 15.4. The molecule has 2 aromatic carbocycles. The molecule has 0 N–H and O–H groups in total. The van der Waals surface area contributed by atoms with Gasteiger partial charge in [0.05, 0.1) is 12.8 Å². The monoisotopic (exact) mass is 300 g/mol. The Kier molecular flexibility index (Phi) is 4.59. The summed E-state index contributed by atoms with van der Waals surface area (Å²) < 4.78 is 19.2. The van der Waals surface area contributed by atoms with Gasteiger partial charge < -0.3 is 9.64 Å². The molecule has 1 heterocycles. The molecule has 0 amide bonds. The van der Waals surface area contributed by atoms with Crippen LogP contribution in [0.2, 0.25) is 0 Å². The minimum atomic E-state index is -0.212. The van der Waals surface area contributed by atoms with Crippen molar-refractivity contribution < 1.29 is 9.13 Å². The van der Waals surface area contributed by atoms with E-state index in [0.29, 0.717) is 11.4 Å². The van der Waals surface area contributed by atoms with Crippen LogP contribution in [0.15, 0.2) is 48.5 Å². The average molecular weight is 300 g/mol. The summed E-state index contributed by atoms with van der Waals surface area (Å²) in [4.78, 5) is 4.52. The van der Waals surface area contributed by atoms with E-state index < -0.39 is 0 Å². The van der Waals surface area contributed by atoms with Crippen LogP contribution in [0.25, 0.3) is 0 Å². The van der Waals surface area contributed by atoms with Crippen molar-refractivity contribution in [1.82, 2.24) is 4.90 Å². The summed E-state index contributed by atoms with van der Waals surface area (Å²) in [5, 5.41) is 0. The molecule has 1 fully saturated rings. The first kappa shape index (κ1) is 14.9. The maximum Gasteiger partial charge on any atom is 0.150 e. The van der Waals surface area contributed by atoms with Crippen LogP contribution in [0, 0.1) is 5.82 Å². The molecule has 116 valence electrons. The number of anilines is 1. The highest BCUT2D eigenvalue weighted by atomic mass is 19.1. The molecule has 0 aromatic heterocycles. The first-order valence-electron chi connectivity index (χ1n) is 7.61. The molecule has 22 heavy (non-hydrogen) atoms. The highest BCUT2D eigenvalue weighted by molar-refractivity contribution is 5.51. The highest BCUT2D eigenvalue weighted by Gasteiger charge is 2.19. The molecule has 0 saturated carbocycles. The van der Waals surface area contributed by atoms with Crippen molar-refractivity contribution in [3.63, 3.8) is 0 Å². The van der Waals surface area contributed by atoms with Gasteiger partial charge in [-0.1, -0.05) is 30.3 Å². The fourth-order valence-electron chi connectivity index (χ4n) is 2.86. The van der Waals surface area contributed by atoms with Crippen molar-refractivity contribution in [3.05, 3.63) is 59.9 Å². The van der Waals surface area contributed by atoms with E-state index in [-0.39, 0.29) is 5.82 Å². The van der Waals surface area contributed by atoms with E-state index in [1.165, 1.54) is 11.6 Å². The Hall–Kier alpha value is -2.07. The lowest BCUT2D eigenvalue weighted by Gasteiger charge is -2.36. The maximum absolute atomic E-state index is 14.1. The second kappa shape index (κ2) is 6.79. The second-order valence-electron chi connectivity index (χ2n) is 5.57. The smallest absolute Gasteiger partial charge is 0.150 e. The van der Waals surface area contributed by atoms with E-state index >= 15 is 0 Å². The number of methoxy groups -OCH3 is 1. The number of hydrogen-bond acceptors (Lipinski definition) is 3. The van der Waals surface area contributed by atoms with Crippen molar-refractivity contribution in [3.8, 4) is 5.75 Å². The van der Waals surface area contributed by atoms with Gasteiger partial charge in [0.1, 0.15) is 11.6 Å². The second-order valence-corrected chi connectivity index (χ2v) is 5.57. The standard InChI is InChI=1S/C18H21FN2O/c1-22-16-7-8-18(17(19)13-16)21-11-9-20(10-12-21)14-15-5-3-2-4-6-15/h2-8,13H,9-12,14H2,1H3. The van der Waals surface area contributed by atoms with Crippen LogP contribution in [0.1, 0.15) is 5.56 Å². The average Bonchev–Trinajstić information content (AvgIpc) is 2.56. The quantitative estimate of drug-likeness (QED) is 0.862. The molecular formula is C18H21FN2O. The zero-order valence-corrected chi connectivity index (χ0v) is 12.8. The fourth-order valence-corrected chi connectivity index (χ4v) is 2.86. The first-order chi connectivity index (χ1) is 10.8. The van der Waals surface area contributed by atoms with Gasteiger partial charge in [-0.2, -0.15) is 0 Å². The molecule has 2 aromatic rings. The van der Waals surface area contributed by atoms with E-state index in [9.17, 15) is 4.39 Å². The minimum Gasteiger partial charge on any atom is -0.497 e. The molecule has 3 rings (SSSR count). The Morgan fingerprint density at radius 2 is 1.73 bits per heavy atom. The third-order valence-corrected chi connectivity index (χ3v) is 4.12. The van der Waals surface area contributed by atoms with Crippen LogP contribution < -0.4 is 9.64 Å². The summed E-state index contributed by atoms with van der Waals surface area (Å²) in [6.07, 6.45) is 0. The van der Waals surface area contributed by atoms with Gasteiger partial charge in [0.2, 0.25) is 0 Å². The molecule has 1 aliphatic rings. The summed E-state index contributed by atoms with van der Waals surface area (Å²) in [5.41, 5.74) is 1.99. The van der Waals surface area contributed by atoms with Gasteiger partial charge in [0, 0.05) is 38.8 Å². The Labute approximate surface area is 130 Å². The lowest BCUT2D eigenvalue weighted by atomic mass is 10.2. The molecular weight excluding hydrogens is 279 g/mol. The van der Waals surface area contributed by atoms with E-state index in [1.54, 1.807) is 13.2 Å². The van der Waals surface area contributed by atoms with Gasteiger partial charge in [0.25, 0.3) is 0 Å². The van der Waals surface area contributed by atoms with Gasteiger partial charge >= 0.3 is 0 Å². The number of piperazine rings is 1. The number of halogens is 1. The number of hydrogen-bond donors (Lipinski definition) is 0. The zero-order valence-electron chi connectivity index (χ0n) is 12.8. The molecule has 1 saturated heterocycles. The number of nitrogens with zero attached hydrogens (tertiary/aromatic N) is 2. The molecule has 0 radical (unpaired) electrons.